The zero-order valence-electron chi connectivity index (χ0n) is 17.5. The van der Waals surface area contributed by atoms with Crippen LogP contribution in [-0.4, -0.2) is 56.8 Å². The molecule has 1 aromatic carbocycles. The first-order valence-electron chi connectivity index (χ1n) is 10.3. The molecule has 0 bridgehead atoms. The number of rotatable bonds is 9. The van der Waals surface area contributed by atoms with Gasteiger partial charge in [0.1, 0.15) is 11.9 Å². The number of carboxylic acid groups (broad SMARTS) is 2. The van der Waals surface area contributed by atoms with Crippen molar-refractivity contribution in [1.29, 1.82) is 0 Å². The number of carbonyl (C=O) groups excluding carboxylic acids is 1. The SMILES string of the molecule is Nc1nc2c(c(=O)[nH]1)C[C@@H](CCc1ccc(C(=O)N[C@@H](C[C@@H](F)C(=O)O)C(=O)O)cc1)CN2. The third kappa shape index (κ3) is 6.05. The van der Waals surface area contributed by atoms with Crippen molar-refractivity contribution in [3.8, 4) is 0 Å². The molecule has 3 atom stereocenters. The highest BCUT2D eigenvalue weighted by Crippen LogP contribution is 2.23. The fraction of sp³-hybridized carbons (Fsp3) is 0.381. The van der Waals surface area contributed by atoms with Crippen LogP contribution in [0.2, 0.25) is 0 Å². The van der Waals surface area contributed by atoms with Crippen molar-refractivity contribution in [3.63, 3.8) is 0 Å². The Bertz CT molecular complexity index is 1100. The normalized spacial score (nSPS) is 16.7. The molecule has 0 aliphatic carbocycles. The number of halogens is 1. The Morgan fingerprint density at radius 1 is 1.21 bits per heavy atom. The van der Waals surface area contributed by atoms with Gasteiger partial charge in [0.2, 0.25) is 5.95 Å². The number of fused-ring (bicyclic) bond motifs is 1. The number of nitrogens with zero attached hydrogens (tertiary/aromatic N) is 1. The molecule has 0 spiro atoms. The van der Waals surface area contributed by atoms with Gasteiger partial charge >= 0.3 is 11.9 Å². The van der Waals surface area contributed by atoms with Crippen LogP contribution in [0.4, 0.5) is 16.2 Å². The molecule has 11 nitrogen and oxygen atoms in total. The number of aliphatic carboxylic acids is 2. The average molecular weight is 461 g/mol. The van der Waals surface area contributed by atoms with Gasteiger partial charge < -0.3 is 26.6 Å². The van der Waals surface area contributed by atoms with E-state index >= 15 is 0 Å². The van der Waals surface area contributed by atoms with Gasteiger partial charge in [0.25, 0.3) is 11.5 Å². The number of alkyl halides is 1. The average Bonchev–Trinajstić information content (AvgIpc) is 2.77. The summed E-state index contributed by atoms with van der Waals surface area (Å²) in [6.45, 7) is 0.645. The summed E-state index contributed by atoms with van der Waals surface area (Å²) in [5.41, 5.74) is 6.97. The number of nitrogens with one attached hydrogen (secondary N) is 3. The zero-order chi connectivity index (χ0) is 24.1. The largest absolute Gasteiger partial charge is 0.480 e. The summed E-state index contributed by atoms with van der Waals surface area (Å²) in [5.74, 6) is -3.29. The van der Waals surface area contributed by atoms with Crippen LogP contribution in [0.3, 0.4) is 0 Å². The number of hydrogen-bond donors (Lipinski definition) is 6. The molecule has 176 valence electrons. The van der Waals surface area contributed by atoms with Gasteiger partial charge in [0.15, 0.2) is 6.17 Å². The highest BCUT2D eigenvalue weighted by molar-refractivity contribution is 5.96. The minimum Gasteiger partial charge on any atom is -0.480 e. The van der Waals surface area contributed by atoms with Crippen molar-refractivity contribution >= 4 is 29.6 Å². The summed E-state index contributed by atoms with van der Waals surface area (Å²) in [6.07, 6.45) is -1.26. The molecule has 1 amide bonds. The van der Waals surface area contributed by atoms with Crippen molar-refractivity contribution in [1.82, 2.24) is 15.3 Å². The summed E-state index contributed by atoms with van der Waals surface area (Å²) >= 11 is 0. The summed E-state index contributed by atoms with van der Waals surface area (Å²) in [7, 11) is 0. The Morgan fingerprint density at radius 3 is 2.55 bits per heavy atom. The van der Waals surface area contributed by atoms with Crippen LogP contribution in [0.25, 0.3) is 0 Å². The van der Waals surface area contributed by atoms with E-state index in [0.29, 0.717) is 30.8 Å². The van der Waals surface area contributed by atoms with Gasteiger partial charge in [-0.05, 0) is 42.9 Å². The summed E-state index contributed by atoms with van der Waals surface area (Å²) in [4.78, 5) is 52.8. The second kappa shape index (κ2) is 10.1. The first-order valence-corrected chi connectivity index (χ1v) is 10.3. The minimum atomic E-state index is -2.40. The van der Waals surface area contributed by atoms with E-state index in [-0.39, 0.29) is 23.0 Å². The number of nitrogens with two attached hydrogens (primary N) is 1. The molecule has 1 aliphatic heterocycles. The molecule has 2 aromatic rings. The smallest absolute Gasteiger partial charge is 0.338 e. The van der Waals surface area contributed by atoms with E-state index in [1.165, 1.54) is 12.1 Å². The highest BCUT2D eigenvalue weighted by atomic mass is 19.1. The minimum absolute atomic E-state index is 0.0647. The van der Waals surface area contributed by atoms with Crippen LogP contribution in [0.5, 0.6) is 0 Å². The van der Waals surface area contributed by atoms with Crippen LogP contribution >= 0.6 is 0 Å². The standard InChI is InChI=1S/C21H24FN5O6/c22-14(19(30)31)8-15(20(32)33)25-17(28)12-5-3-10(4-6-12)1-2-11-7-13-16(24-9-11)26-21(23)27-18(13)29/h3-6,11,14-15H,1-2,7-9H2,(H,25,28)(H,30,31)(H,32,33)(H4,23,24,26,27,29)/t11-,14-,15+/m1/s1. The maximum Gasteiger partial charge on any atom is 0.338 e. The third-order valence-electron chi connectivity index (χ3n) is 5.46. The first-order chi connectivity index (χ1) is 15.6. The number of nitrogen functional groups attached to an aromatic ring is 1. The predicted molar refractivity (Wildman–Crippen MR) is 116 cm³/mol. The van der Waals surface area contributed by atoms with Crippen LogP contribution in [-0.2, 0) is 22.4 Å². The van der Waals surface area contributed by atoms with Crippen LogP contribution in [0.1, 0.15) is 34.3 Å². The number of benzene rings is 1. The Labute approximate surface area is 187 Å². The number of amides is 1. The van der Waals surface area contributed by atoms with Gasteiger partial charge in [-0.3, -0.25) is 14.6 Å². The van der Waals surface area contributed by atoms with E-state index in [9.17, 15) is 23.6 Å². The topological polar surface area (TPSA) is 187 Å². The van der Waals surface area contributed by atoms with E-state index in [1.54, 1.807) is 12.1 Å². The molecule has 3 rings (SSSR count). The lowest BCUT2D eigenvalue weighted by molar-refractivity contribution is -0.145. The number of hydrogen-bond acceptors (Lipinski definition) is 7. The van der Waals surface area contributed by atoms with Crippen molar-refractivity contribution in [2.75, 3.05) is 17.6 Å². The number of aryl methyl sites for hydroxylation is 1. The lowest BCUT2D eigenvalue weighted by Crippen LogP contribution is -2.43. The molecule has 12 heteroatoms. The predicted octanol–water partition coefficient (Wildman–Crippen LogP) is 0.565. The molecule has 7 N–H and O–H groups in total. The summed E-state index contributed by atoms with van der Waals surface area (Å²) in [5, 5.41) is 23.0. The molecule has 0 fully saturated rings. The van der Waals surface area contributed by atoms with Crippen LogP contribution in [0, 0.1) is 5.92 Å². The summed E-state index contributed by atoms with van der Waals surface area (Å²) < 4.78 is 13.4. The fourth-order valence-electron chi connectivity index (χ4n) is 3.62. The Morgan fingerprint density at radius 2 is 1.91 bits per heavy atom. The molecule has 0 unspecified atom stereocenters. The lowest BCUT2D eigenvalue weighted by Gasteiger charge is -2.24. The van der Waals surface area contributed by atoms with E-state index < -0.39 is 36.5 Å². The van der Waals surface area contributed by atoms with E-state index in [2.05, 4.69) is 20.6 Å². The summed E-state index contributed by atoms with van der Waals surface area (Å²) in [6, 6.07) is 4.80. The van der Waals surface area contributed by atoms with E-state index in [4.69, 9.17) is 15.9 Å². The number of H-pyrrole nitrogens is 1. The second-order valence-corrected chi connectivity index (χ2v) is 7.87. The Balaban J connectivity index is 1.55. The van der Waals surface area contributed by atoms with Crippen molar-refractivity contribution in [2.24, 2.45) is 5.92 Å². The zero-order valence-corrected chi connectivity index (χ0v) is 17.5. The number of aromatic amines is 1. The number of aromatic nitrogens is 2. The highest BCUT2D eigenvalue weighted by Gasteiger charge is 2.28. The van der Waals surface area contributed by atoms with Gasteiger partial charge in [-0.25, -0.2) is 14.0 Å². The lowest BCUT2D eigenvalue weighted by atomic mass is 9.91. The van der Waals surface area contributed by atoms with Gasteiger partial charge in [-0.2, -0.15) is 4.98 Å². The van der Waals surface area contributed by atoms with Gasteiger partial charge in [0.05, 0.1) is 5.56 Å². The quantitative estimate of drug-likeness (QED) is 0.310. The fourth-order valence-corrected chi connectivity index (χ4v) is 3.62. The molecule has 1 aromatic heterocycles. The Hall–Kier alpha value is -3.96. The Kier molecular flexibility index (Phi) is 7.26. The maximum absolute atomic E-state index is 13.4. The molecule has 0 saturated heterocycles. The molecule has 33 heavy (non-hydrogen) atoms. The van der Waals surface area contributed by atoms with Gasteiger partial charge in [-0.1, -0.05) is 12.1 Å². The molecule has 0 saturated carbocycles. The van der Waals surface area contributed by atoms with Gasteiger partial charge in [0, 0.05) is 18.5 Å². The van der Waals surface area contributed by atoms with Gasteiger partial charge in [-0.15, -0.1) is 0 Å². The third-order valence-corrected chi connectivity index (χ3v) is 5.46. The maximum atomic E-state index is 13.4. The molecular formula is C21H24FN5O6. The molecular weight excluding hydrogens is 437 g/mol. The van der Waals surface area contributed by atoms with Crippen LogP contribution in [0.15, 0.2) is 29.1 Å². The molecule has 0 radical (unpaired) electrons. The monoisotopic (exact) mass is 461 g/mol. The van der Waals surface area contributed by atoms with Crippen molar-refractivity contribution in [3.05, 3.63) is 51.3 Å². The number of carbonyl (C=O) groups is 3. The van der Waals surface area contributed by atoms with Crippen molar-refractivity contribution < 1.29 is 29.0 Å². The molecule has 1 aliphatic rings. The number of anilines is 2. The van der Waals surface area contributed by atoms with E-state index in [0.717, 1.165) is 12.0 Å². The van der Waals surface area contributed by atoms with E-state index in [1.807, 2.05) is 0 Å². The van der Waals surface area contributed by atoms with Crippen molar-refractivity contribution in [2.45, 2.75) is 37.9 Å². The molecule has 2 heterocycles. The second-order valence-electron chi connectivity index (χ2n) is 7.87. The van der Waals surface area contributed by atoms with Crippen LogP contribution < -0.4 is 21.9 Å². The first kappa shape index (κ1) is 23.7. The number of carboxylic acids is 2.